The first-order valence-electron chi connectivity index (χ1n) is 7.72. The Balaban J connectivity index is 1.82. The van der Waals surface area contributed by atoms with E-state index in [0.29, 0.717) is 31.5 Å². The molecule has 0 aliphatic carbocycles. The Bertz CT molecular complexity index is 719. The highest BCUT2D eigenvalue weighted by atomic mass is 16.5. The molecule has 0 unspecified atom stereocenters. The van der Waals surface area contributed by atoms with Gasteiger partial charge in [-0.25, -0.2) is 4.98 Å². The highest BCUT2D eigenvalue weighted by molar-refractivity contribution is 5.88. The van der Waals surface area contributed by atoms with E-state index < -0.39 is 17.4 Å². The summed E-state index contributed by atoms with van der Waals surface area (Å²) in [6.45, 7) is 1.10. The van der Waals surface area contributed by atoms with Crippen molar-refractivity contribution in [1.29, 1.82) is 5.26 Å². The third-order valence-corrected chi connectivity index (χ3v) is 4.94. The summed E-state index contributed by atoms with van der Waals surface area (Å²) in [4.78, 5) is 29.2. The fourth-order valence-electron chi connectivity index (χ4n) is 3.70. The van der Waals surface area contributed by atoms with Crippen LogP contribution in [0, 0.1) is 17.2 Å². The first-order valence-corrected chi connectivity index (χ1v) is 7.72. The SMILES string of the molecule is COc1nccc(N2CCC3(CC2)NC(=O)C[C@H]3C(=O)O)c1C#N. The second kappa shape index (κ2) is 6.00. The van der Waals surface area contributed by atoms with Gasteiger partial charge in [-0.15, -0.1) is 0 Å². The zero-order chi connectivity index (χ0) is 17.3. The molecule has 1 amide bonds. The van der Waals surface area contributed by atoms with Crippen molar-refractivity contribution in [2.24, 2.45) is 5.92 Å². The summed E-state index contributed by atoms with van der Waals surface area (Å²) in [7, 11) is 1.46. The number of nitrogens with zero attached hydrogens (tertiary/aromatic N) is 3. The van der Waals surface area contributed by atoms with E-state index in [0.717, 1.165) is 5.69 Å². The molecule has 1 aromatic rings. The number of carbonyl (C=O) groups is 2. The second-order valence-electron chi connectivity index (χ2n) is 6.11. The summed E-state index contributed by atoms with van der Waals surface area (Å²) in [5.74, 6) is -1.58. The smallest absolute Gasteiger partial charge is 0.309 e. The van der Waals surface area contributed by atoms with Gasteiger partial charge in [0.25, 0.3) is 0 Å². The van der Waals surface area contributed by atoms with Crippen molar-refractivity contribution >= 4 is 17.6 Å². The van der Waals surface area contributed by atoms with Crippen LogP contribution in [0.15, 0.2) is 12.3 Å². The maximum absolute atomic E-state index is 11.7. The molecule has 1 aromatic heterocycles. The molecule has 2 saturated heterocycles. The van der Waals surface area contributed by atoms with Crippen LogP contribution in [0.3, 0.4) is 0 Å². The predicted octanol–water partition coefficient (Wildman–Crippen LogP) is 0.522. The number of piperidine rings is 1. The summed E-state index contributed by atoms with van der Waals surface area (Å²) in [6, 6.07) is 3.87. The highest BCUT2D eigenvalue weighted by Gasteiger charge is 2.51. The number of aromatic nitrogens is 1. The second-order valence-corrected chi connectivity index (χ2v) is 6.11. The lowest BCUT2D eigenvalue weighted by Crippen LogP contribution is -2.55. The normalized spacial score (nSPS) is 22.1. The van der Waals surface area contributed by atoms with Gasteiger partial charge in [0.2, 0.25) is 11.8 Å². The fourth-order valence-corrected chi connectivity index (χ4v) is 3.70. The summed E-state index contributed by atoms with van der Waals surface area (Å²) in [6.07, 6.45) is 2.65. The fraction of sp³-hybridized carbons (Fsp3) is 0.500. The van der Waals surface area contributed by atoms with Crippen LogP contribution in [0.4, 0.5) is 5.69 Å². The number of carboxylic acids is 1. The van der Waals surface area contributed by atoms with Crippen LogP contribution in [0.25, 0.3) is 0 Å². The number of aliphatic carboxylic acids is 1. The van der Waals surface area contributed by atoms with Crippen LogP contribution in [-0.2, 0) is 9.59 Å². The molecule has 0 bridgehead atoms. The number of amides is 1. The van der Waals surface area contributed by atoms with Gasteiger partial charge in [0.15, 0.2) is 0 Å². The molecular weight excluding hydrogens is 312 g/mol. The Morgan fingerprint density at radius 2 is 2.25 bits per heavy atom. The number of nitriles is 1. The van der Waals surface area contributed by atoms with E-state index in [2.05, 4.69) is 16.4 Å². The molecular formula is C16H18N4O4. The minimum absolute atomic E-state index is 0.0296. The number of nitrogens with one attached hydrogen (secondary N) is 1. The maximum Gasteiger partial charge on any atom is 0.309 e. The Morgan fingerprint density at radius 3 is 2.83 bits per heavy atom. The number of hydrogen-bond acceptors (Lipinski definition) is 6. The average Bonchev–Trinajstić information content (AvgIpc) is 2.91. The zero-order valence-electron chi connectivity index (χ0n) is 13.3. The molecule has 2 aliphatic rings. The Kier molecular flexibility index (Phi) is 4.01. The van der Waals surface area contributed by atoms with Crippen molar-refractivity contribution in [2.45, 2.75) is 24.8 Å². The number of pyridine rings is 1. The van der Waals surface area contributed by atoms with Crippen LogP contribution in [-0.4, -0.2) is 47.7 Å². The molecule has 3 rings (SSSR count). The van der Waals surface area contributed by atoms with Crippen molar-refractivity contribution in [3.8, 4) is 11.9 Å². The minimum atomic E-state index is -0.940. The van der Waals surface area contributed by atoms with Crippen molar-refractivity contribution in [1.82, 2.24) is 10.3 Å². The standard InChI is InChI=1S/C16H18N4O4/c1-24-14-10(9-17)12(2-5-18-14)20-6-3-16(4-7-20)11(15(22)23)8-13(21)19-16/h2,5,11H,3-4,6-8H2,1H3,(H,19,21)(H,22,23)/t11-/m0/s1. The molecule has 0 radical (unpaired) electrons. The zero-order valence-corrected chi connectivity index (χ0v) is 13.3. The Hall–Kier alpha value is -2.82. The molecule has 1 atom stereocenters. The number of carboxylic acid groups (broad SMARTS) is 1. The first kappa shape index (κ1) is 16.1. The number of rotatable bonds is 3. The predicted molar refractivity (Wildman–Crippen MR) is 83.6 cm³/mol. The third kappa shape index (κ3) is 2.52. The summed E-state index contributed by atoms with van der Waals surface area (Å²) >= 11 is 0. The first-order chi connectivity index (χ1) is 11.5. The number of ether oxygens (including phenoxy) is 1. The quantitative estimate of drug-likeness (QED) is 0.830. The van der Waals surface area contributed by atoms with Crippen molar-refractivity contribution in [3.05, 3.63) is 17.8 Å². The topological polar surface area (TPSA) is 116 Å². The van der Waals surface area contributed by atoms with Gasteiger partial charge < -0.3 is 20.1 Å². The van der Waals surface area contributed by atoms with Crippen molar-refractivity contribution in [3.63, 3.8) is 0 Å². The molecule has 2 fully saturated rings. The molecule has 2 aliphatic heterocycles. The number of methoxy groups -OCH3 is 1. The van der Waals surface area contributed by atoms with Gasteiger partial charge in [-0.3, -0.25) is 9.59 Å². The maximum atomic E-state index is 11.7. The van der Waals surface area contributed by atoms with Crippen LogP contribution < -0.4 is 15.0 Å². The lowest BCUT2D eigenvalue weighted by molar-refractivity contribution is -0.144. The largest absolute Gasteiger partial charge is 0.481 e. The van der Waals surface area contributed by atoms with Gasteiger partial charge in [0.05, 0.1) is 24.3 Å². The molecule has 8 heteroatoms. The molecule has 24 heavy (non-hydrogen) atoms. The summed E-state index contributed by atoms with van der Waals surface area (Å²) in [5.41, 5.74) is 0.389. The van der Waals surface area contributed by atoms with Crippen LogP contribution in [0.1, 0.15) is 24.8 Å². The van der Waals surface area contributed by atoms with Gasteiger partial charge in [0, 0.05) is 25.7 Å². The van der Waals surface area contributed by atoms with Crippen LogP contribution in [0.2, 0.25) is 0 Å². The summed E-state index contributed by atoms with van der Waals surface area (Å²) < 4.78 is 5.13. The van der Waals surface area contributed by atoms with Gasteiger partial charge in [-0.2, -0.15) is 5.26 Å². The van der Waals surface area contributed by atoms with Crippen LogP contribution >= 0.6 is 0 Å². The average molecular weight is 330 g/mol. The van der Waals surface area contributed by atoms with Crippen molar-refractivity contribution in [2.75, 3.05) is 25.1 Å². The van der Waals surface area contributed by atoms with E-state index in [9.17, 15) is 20.0 Å². The van der Waals surface area contributed by atoms with Crippen molar-refractivity contribution < 1.29 is 19.4 Å². The highest BCUT2D eigenvalue weighted by Crippen LogP contribution is 2.39. The molecule has 126 valence electrons. The number of anilines is 1. The molecule has 1 spiro atoms. The van der Waals surface area contributed by atoms with Gasteiger partial charge in [-0.05, 0) is 18.9 Å². The van der Waals surface area contributed by atoms with Gasteiger partial charge >= 0.3 is 5.97 Å². The van der Waals surface area contributed by atoms with E-state index in [1.165, 1.54) is 7.11 Å². The number of hydrogen-bond donors (Lipinski definition) is 2. The lowest BCUT2D eigenvalue weighted by Gasteiger charge is -2.42. The number of carbonyl (C=O) groups excluding carboxylic acids is 1. The molecule has 3 heterocycles. The monoisotopic (exact) mass is 330 g/mol. The molecule has 0 saturated carbocycles. The van der Waals surface area contributed by atoms with E-state index >= 15 is 0 Å². The molecule has 2 N–H and O–H groups in total. The Labute approximate surface area is 139 Å². The van der Waals surface area contributed by atoms with E-state index in [-0.39, 0.29) is 18.2 Å². The van der Waals surface area contributed by atoms with E-state index in [4.69, 9.17) is 4.74 Å². The molecule has 8 nitrogen and oxygen atoms in total. The third-order valence-electron chi connectivity index (χ3n) is 4.94. The van der Waals surface area contributed by atoms with Crippen LogP contribution in [0.5, 0.6) is 5.88 Å². The van der Waals surface area contributed by atoms with Gasteiger partial charge in [-0.1, -0.05) is 0 Å². The van der Waals surface area contributed by atoms with E-state index in [1.54, 1.807) is 12.3 Å². The van der Waals surface area contributed by atoms with Gasteiger partial charge in [0.1, 0.15) is 11.6 Å². The molecule has 0 aromatic carbocycles. The lowest BCUT2D eigenvalue weighted by atomic mass is 9.77. The Morgan fingerprint density at radius 1 is 1.54 bits per heavy atom. The minimum Gasteiger partial charge on any atom is -0.481 e. The van der Waals surface area contributed by atoms with E-state index in [1.807, 2.05) is 4.90 Å². The summed E-state index contributed by atoms with van der Waals surface area (Å²) in [5, 5.41) is 21.7.